The normalized spacial score (nSPS) is 10.9. The van der Waals surface area contributed by atoms with Crippen LogP contribution in [0.5, 0.6) is 0 Å². The molecule has 6 nitrogen and oxygen atoms in total. The maximum atomic E-state index is 13.7. The van der Waals surface area contributed by atoms with E-state index in [-0.39, 0.29) is 29.0 Å². The molecule has 23 heavy (non-hydrogen) atoms. The Kier molecular flexibility index (Phi) is 3.99. The Labute approximate surface area is 137 Å². The Morgan fingerprint density at radius 3 is 3.04 bits per heavy atom. The third-order valence-corrected chi connectivity index (χ3v) is 3.84. The van der Waals surface area contributed by atoms with Gasteiger partial charge >= 0.3 is 0 Å². The van der Waals surface area contributed by atoms with Crippen LogP contribution >= 0.6 is 15.9 Å². The molecule has 0 saturated carbocycles. The van der Waals surface area contributed by atoms with Gasteiger partial charge in [-0.2, -0.15) is 0 Å². The first-order chi connectivity index (χ1) is 11.0. The van der Waals surface area contributed by atoms with Gasteiger partial charge in [0, 0.05) is 16.6 Å². The van der Waals surface area contributed by atoms with Gasteiger partial charge in [0.05, 0.1) is 11.9 Å². The van der Waals surface area contributed by atoms with Crippen molar-refractivity contribution in [1.29, 1.82) is 0 Å². The zero-order valence-corrected chi connectivity index (χ0v) is 13.5. The third kappa shape index (κ3) is 2.89. The van der Waals surface area contributed by atoms with Crippen LogP contribution in [0.15, 0.2) is 38.2 Å². The summed E-state index contributed by atoms with van der Waals surface area (Å²) in [6.07, 6.45) is 1.20. The van der Waals surface area contributed by atoms with Gasteiger partial charge in [-0.15, -0.1) is 0 Å². The predicted molar refractivity (Wildman–Crippen MR) is 84.6 cm³/mol. The Morgan fingerprint density at radius 1 is 1.48 bits per heavy atom. The molecule has 8 heteroatoms. The van der Waals surface area contributed by atoms with Crippen LogP contribution < -0.4 is 10.9 Å². The Bertz CT molecular complexity index is 964. The van der Waals surface area contributed by atoms with E-state index in [1.807, 2.05) is 0 Å². The highest BCUT2D eigenvalue weighted by Gasteiger charge is 2.21. The van der Waals surface area contributed by atoms with Crippen molar-refractivity contribution in [2.24, 2.45) is 0 Å². The monoisotopic (exact) mass is 379 g/mol. The molecule has 1 amide bonds. The summed E-state index contributed by atoms with van der Waals surface area (Å²) in [5.41, 5.74) is 0.0469. The molecule has 0 aliphatic rings. The molecule has 0 spiro atoms. The Hall–Kier alpha value is -2.48. The topological polar surface area (TPSA) is 88.0 Å². The summed E-state index contributed by atoms with van der Waals surface area (Å²) in [5.74, 6) is -0.683. The van der Waals surface area contributed by atoms with Crippen molar-refractivity contribution >= 4 is 32.9 Å². The molecule has 3 aromatic rings. The van der Waals surface area contributed by atoms with E-state index in [1.54, 1.807) is 19.1 Å². The maximum Gasteiger partial charge on any atom is 0.262 e. The number of carbonyl (C=O) groups is 1. The molecule has 0 radical (unpaired) electrons. The van der Waals surface area contributed by atoms with E-state index in [4.69, 9.17) is 4.42 Å². The first kappa shape index (κ1) is 15.4. The number of aromatic nitrogens is 2. The zero-order valence-electron chi connectivity index (χ0n) is 11.9. The molecule has 2 N–H and O–H groups in total. The predicted octanol–water partition coefficient (Wildman–Crippen LogP) is 2.66. The quantitative estimate of drug-likeness (QED) is 0.732. The van der Waals surface area contributed by atoms with Crippen LogP contribution in [0.1, 0.15) is 21.7 Å². The van der Waals surface area contributed by atoms with Crippen molar-refractivity contribution in [3.63, 3.8) is 0 Å². The van der Waals surface area contributed by atoms with Crippen molar-refractivity contribution in [2.75, 3.05) is 0 Å². The number of rotatable bonds is 3. The summed E-state index contributed by atoms with van der Waals surface area (Å²) in [5, 5.41) is 2.67. The number of aryl methyl sites for hydroxylation is 1. The summed E-state index contributed by atoms with van der Waals surface area (Å²) < 4.78 is 19.7. The second-order valence-corrected chi connectivity index (χ2v) is 5.78. The smallest absolute Gasteiger partial charge is 0.262 e. The highest BCUT2D eigenvalue weighted by Crippen LogP contribution is 2.21. The molecule has 0 saturated heterocycles. The lowest BCUT2D eigenvalue weighted by Gasteiger charge is -2.06. The molecule has 118 valence electrons. The van der Waals surface area contributed by atoms with Gasteiger partial charge in [0.25, 0.3) is 11.5 Å². The van der Waals surface area contributed by atoms with Crippen LogP contribution in [0.25, 0.3) is 11.1 Å². The molecule has 2 heterocycles. The Balaban J connectivity index is 1.91. The lowest BCUT2D eigenvalue weighted by atomic mass is 10.1. The standard InChI is InChI=1S/C15H11BrFN3O3/c1-7-11(12-14(22)19-6-20-15(12)23-7)13(21)18-5-8-4-9(16)2-3-10(8)17/h2-4,6H,5H2,1H3,(H,18,21)(H,19,20,22). The van der Waals surface area contributed by atoms with Gasteiger partial charge in [0.2, 0.25) is 5.71 Å². The van der Waals surface area contributed by atoms with Gasteiger partial charge in [0.15, 0.2) is 0 Å². The number of fused-ring (bicyclic) bond motifs is 1. The number of furan rings is 1. The van der Waals surface area contributed by atoms with Gasteiger partial charge in [-0.1, -0.05) is 15.9 Å². The molecule has 0 aliphatic carbocycles. The maximum absolute atomic E-state index is 13.7. The number of nitrogens with one attached hydrogen (secondary N) is 2. The molecule has 2 aromatic heterocycles. The van der Waals surface area contributed by atoms with Crippen LogP contribution in [0.3, 0.4) is 0 Å². The van der Waals surface area contributed by atoms with Crippen LogP contribution in [-0.2, 0) is 6.54 Å². The van der Waals surface area contributed by atoms with Crippen molar-refractivity contribution in [1.82, 2.24) is 15.3 Å². The van der Waals surface area contributed by atoms with E-state index in [0.29, 0.717) is 10.0 Å². The van der Waals surface area contributed by atoms with Crippen LogP contribution in [0.4, 0.5) is 4.39 Å². The minimum atomic E-state index is -0.529. The molecule has 1 aromatic carbocycles. The molecule has 3 rings (SSSR count). The highest BCUT2D eigenvalue weighted by molar-refractivity contribution is 9.10. The molecule has 0 aliphatic heterocycles. The first-order valence-electron chi connectivity index (χ1n) is 6.66. The number of nitrogens with zero attached hydrogens (tertiary/aromatic N) is 1. The average Bonchev–Trinajstić information content (AvgIpc) is 2.85. The summed E-state index contributed by atoms with van der Waals surface area (Å²) in [7, 11) is 0. The van der Waals surface area contributed by atoms with Gasteiger partial charge in [-0.05, 0) is 25.1 Å². The van der Waals surface area contributed by atoms with E-state index >= 15 is 0 Å². The average molecular weight is 380 g/mol. The minimum absolute atomic E-state index is 0.0195. The first-order valence-corrected chi connectivity index (χ1v) is 7.45. The summed E-state index contributed by atoms with van der Waals surface area (Å²) >= 11 is 3.25. The Morgan fingerprint density at radius 2 is 2.26 bits per heavy atom. The fourth-order valence-electron chi connectivity index (χ4n) is 2.27. The fourth-order valence-corrected chi connectivity index (χ4v) is 2.68. The number of hydrogen-bond donors (Lipinski definition) is 2. The molecular weight excluding hydrogens is 369 g/mol. The van der Waals surface area contributed by atoms with E-state index < -0.39 is 17.3 Å². The highest BCUT2D eigenvalue weighted by atomic mass is 79.9. The molecule has 0 unspecified atom stereocenters. The number of hydrogen-bond acceptors (Lipinski definition) is 4. The number of halogens is 2. The summed E-state index contributed by atoms with van der Waals surface area (Å²) in [6.45, 7) is 1.55. The van der Waals surface area contributed by atoms with Crippen LogP contribution in [-0.4, -0.2) is 15.9 Å². The van der Waals surface area contributed by atoms with Gasteiger partial charge < -0.3 is 14.7 Å². The molecular formula is C15H11BrFN3O3. The lowest BCUT2D eigenvalue weighted by molar-refractivity contribution is 0.0950. The minimum Gasteiger partial charge on any atom is -0.442 e. The zero-order chi connectivity index (χ0) is 16.6. The van der Waals surface area contributed by atoms with Crippen molar-refractivity contribution in [2.45, 2.75) is 13.5 Å². The van der Waals surface area contributed by atoms with Crippen LogP contribution in [0.2, 0.25) is 0 Å². The fraction of sp³-hybridized carbons (Fsp3) is 0.133. The van der Waals surface area contributed by atoms with Crippen molar-refractivity contribution in [3.05, 3.63) is 62.1 Å². The number of aromatic amines is 1. The van der Waals surface area contributed by atoms with E-state index in [0.717, 1.165) is 0 Å². The third-order valence-electron chi connectivity index (χ3n) is 3.34. The lowest BCUT2D eigenvalue weighted by Crippen LogP contribution is -2.25. The summed E-state index contributed by atoms with van der Waals surface area (Å²) in [6, 6.07) is 4.45. The number of carbonyl (C=O) groups excluding carboxylic acids is 1. The van der Waals surface area contributed by atoms with Crippen LogP contribution in [0, 0.1) is 12.7 Å². The number of benzene rings is 1. The second-order valence-electron chi connectivity index (χ2n) is 4.86. The van der Waals surface area contributed by atoms with E-state index in [1.165, 1.54) is 12.4 Å². The SMILES string of the molecule is Cc1oc2nc[nH]c(=O)c2c1C(=O)NCc1cc(Br)ccc1F. The molecule has 0 bridgehead atoms. The molecule has 0 atom stereocenters. The molecule has 0 fully saturated rings. The second kappa shape index (κ2) is 5.96. The van der Waals surface area contributed by atoms with Gasteiger partial charge in [-0.3, -0.25) is 9.59 Å². The van der Waals surface area contributed by atoms with Gasteiger partial charge in [0.1, 0.15) is 17.0 Å². The number of H-pyrrole nitrogens is 1. The van der Waals surface area contributed by atoms with E-state index in [2.05, 4.69) is 31.2 Å². The van der Waals surface area contributed by atoms with E-state index in [9.17, 15) is 14.0 Å². The summed E-state index contributed by atoms with van der Waals surface area (Å²) in [4.78, 5) is 30.5. The number of amides is 1. The van der Waals surface area contributed by atoms with Crippen molar-refractivity contribution in [3.8, 4) is 0 Å². The largest absolute Gasteiger partial charge is 0.442 e. The van der Waals surface area contributed by atoms with Crippen molar-refractivity contribution < 1.29 is 13.6 Å². The van der Waals surface area contributed by atoms with Gasteiger partial charge in [-0.25, -0.2) is 9.37 Å².